The topological polar surface area (TPSA) is 53.2 Å². The van der Waals surface area contributed by atoms with Crippen molar-refractivity contribution in [1.82, 2.24) is 0 Å². The molecular weight excluding hydrogens is 185 g/mol. The zero-order chi connectivity index (χ0) is 10.2. The van der Waals surface area contributed by atoms with Gasteiger partial charge in [-0.25, -0.2) is 4.39 Å². The summed E-state index contributed by atoms with van der Waals surface area (Å²) in [6.07, 6.45) is 0. The van der Waals surface area contributed by atoms with Gasteiger partial charge in [0.15, 0.2) is 0 Å². The number of halogens is 1. The highest BCUT2D eigenvalue weighted by Gasteiger charge is 2.38. The van der Waals surface area contributed by atoms with Gasteiger partial charge in [-0.05, 0) is 17.7 Å². The van der Waals surface area contributed by atoms with E-state index < -0.39 is 11.4 Å². The highest BCUT2D eigenvalue weighted by atomic mass is 19.1. The third kappa shape index (κ3) is 1.27. The second-order valence-electron chi connectivity index (χ2n) is 3.33. The molecule has 0 radical (unpaired) electrons. The molecule has 0 saturated carbocycles. The molecule has 1 fully saturated rings. The average molecular weight is 193 g/mol. The van der Waals surface area contributed by atoms with Gasteiger partial charge in [-0.1, -0.05) is 6.07 Å². The molecule has 0 spiro atoms. The zero-order valence-electron chi connectivity index (χ0n) is 7.33. The van der Waals surface area contributed by atoms with Crippen molar-refractivity contribution in [2.24, 2.45) is 0 Å². The fourth-order valence-corrected chi connectivity index (χ4v) is 1.36. The van der Waals surface area contributed by atoms with Gasteiger partial charge < -0.3 is 9.84 Å². The van der Waals surface area contributed by atoms with E-state index in [-0.39, 0.29) is 18.8 Å². The third-order valence-corrected chi connectivity index (χ3v) is 2.31. The first kappa shape index (κ1) is 9.13. The van der Waals surface area contributed by atoms with E-state index in [9.17, 15) is 9.50 Å². The summed E-state index contributed by atoms with van der Waals surface area (Å²) in [5, 5.41) is 18.3. The van der Waals surface area contributed by atoms with Crippen LogP contribution in [0, 0.1) is 17.1 Å². The smallest absolute Gasteiger partial charge is 0.141 e. The van der Waals surface area contributed by atoms with Gasteiger partial charge in [-0.3, -0.25) is 0 Å². The van der Waals surface area contributed by atoms with Crippen molar-refractivity contribution in [2.45, 2.75) is 5.60 Å². The van der Waals surface area contributed by atoms with Gasteiger partial charge in [0.1, 0.15) is 17.5 Å². The summed E-state index contributed by atoms with van der Waals surface area (Å²) >= 11 is 0. The molecule has 1 aliphatic heterocycles. The quantitative estimate of drug-likeness (QED) is 0.721. The molecule has 0 unspecified atom stereocenters. The van der Waals surface area contributed by atoms with Crippen LogP contribution in [0.15, 0.2) is 18.2 Å². The van der Waals surface area contributed by atoms with Crippen molar-refractivity contribution in [1.29, 1.82) is 5.26 Å². The maximum atomic E-state index is 13.2. The number of nitrogens with zero attached hydrogens (tertiary/aromatic N) is 1. The van der Waals surface area contributed by atoms with E-state index >= 15 is 0 Å². The predicted molar refractivity (Wildman–Crippen MR) is 45.8 cm³/mol. The average Bonchev–Trinajstić information content (AvgIpc) is 2.14. The van der Waals surface area contributed by atoms with Gasteiger partial charge in [0.05, 0.1) is 18.8 Å². The lowest BCUT2D eigenvalue weighted by molar-refractivity contribution is -0.184. The molecule has 0 aromatic heterocycles. The zero-order valence-corrected chi connectivity index (χ0v) is 7.33. The first-order chi connectivity index (χ1) is 6.65. The highest BCUT2D eigenvalue weighted by Crippen LogP contribution is 2.29. The van der Waals surface area contributed by atoms with Crippen molar-refractivity contribution in [3.63, 3.8) is 0 Å². The van der Waals surface area contributed by atoms with Crippen molar-refractivity contribution in [2.75, 3.05) is 13.2 Å². The van der Waals surface area contributed by atoms with Crippen molar-refractivity contribution >= 4 is 0 Å². The molecule has 0 bridgehead atoms. The van der Waals surface area contributed by atoms with Crippen molar-refractivity contribution in [3.8, 4) is 6.07 Å². The molecule has 1 saturated heterocycles. The minimum atomic E-state index is -1.07. The molecule has 0 aliphatic carbocycles. The Morgan fingerprint density at radius 2 is 2.21 bits per heavy atom. The lowest BCUT2D eigenvalue weighted by atomic mass is 9.91. The minimum absolute atomic E-state index is 0.0161. The lowest BCUT2D eigenvalue weighted by Gasteiger charge is -2.36. The number of benzene rings is 1. The summed E-state index contributed by atoms with van der Waals surface area (Å²) in [6.45, 7) is 0.358. The molecule has 2 rings (SSSR count). The van der Waals surface area contributed by atoms with Crippen LogP contribution in [0.4, 0.5) is 4.39 Å². The Morgan fingerprint density at radius 1 is 1.50 bits per heavy atom. The summed E-state index contributed by atoms with van der Waals surface area (Å²) in [5.74, 6) is -0.606. The lowest BCUT2D eigenvalue weighted by Crippen LogP contribution is -2.46. The molecule has 1 N–H and O–H groups in total. The van der Waals surface area contributed by atoms with Crippen LogP contribution in [0.1, 0.15) is 11.1 Å². The first-order valence-electron chi connectivity index (χ1n) is 4.16. The molecule has 1 aromatic carbocycles. The molecule has 1 aliphatic rings. The van der Waals surface area contributed by atoms with Gasteiger partial charge in [0, 0.05) is 0 Å². The SMILES string of the molecule is N#Cc1ccc(C2(O)COC2)cc1F. The van der Waals surface area contributed by atoms with Crippen LogP contribution in [-0.2, 0) is 10.3 Å². The minimum Gasteiger partial charge on any atom is -0.380 e. The molecule has 4 heteroatoms. The number of aliphatic hydroxyl groups is 1. The Labute approximate surface area is 80.4 Å². The summed E-state index contributed by atoms with van der Waals surface area (Å²) in [7, 11) is 0. The maximum absolute atomic E-state index is 13.2. The predicted octanol–water partition coefficient (Wildman–Crippen LogP) is 0.915. The Bertz CT molecular complexity index is 407. The van der Waals surface area contributed by atoms with Crippen molar-refractivity contribution < 1.29 is 14.2 Å². The third-order valence-electron chi connectivity index (χ3n) is 2.31. The summed E-state index contributed by atoms with van der Waals surface area (Å²) < 4.78 is 18.0. The standard InChI is InChI=1S/C10H8FNO2/c11-9-3-8(2-1-7(9)4-12)10(13)5-14-6-10/h1-3,13H,5-6H2. The van der Waals surface area contributed by atoms with E-state index in [1.807, 2.05) is 0 Å². The van der Waals surface area contributed by atoms with Crippen LogP contribution in [0.3, 0.4) is 0 Å². The summed E-state index contributed by atoms with van der Waals surface area (Å²) in [6, 6.07) is 5.81. The molecule has 1 heterocycles. The second kappa shape index (κ2) is 3.05. The number of hydrogen-bond acceptors (Lipinski definition) is 3. The monoisotopic (exact) mass is 193 g/mol. The molecule has 72 valence electrons. The van der Waals surface area contributed by atoms with Crippen LogP contribution in [0.5, 0.6) is 0 Å². The van der Waals surface area contributed by atoms with Crippen LogP contribution < -0.4 is 0 Å². The van der Waals surface area contributed by atoms with E-state index in [1.165, 1.54) is 12.1 Å². The van der Waals surface area contributed by atoms with Crippen LogP contribution in [-0.4, -0.2) is 18.3 Å². The fourth-order valence-electron chi connectivity index (χ4n) is 1.36. The molecule has 3 nitrogen and oxygen atoms in total. The Morgan fingerprint density at radius 3 is 2.64 bits per heavy atom. The Hall–Kier alpha value is -1.44. The molecule has 1 aromatic rings. The van der Waals surface area contributed by atoms with Gasteiger partial charge in [0.25, 0.3) is 0 Å². The van der Waals surface area contributed by atoms with E-state index in [0.717, 1.165) is 0 Å². The number of hydrogen-bond donors (Lipinski definition) is 1. The summed E-state index contributed by atoms with van der Waals surface area (Å²) in [5.41, 5.74) is -0.632. The fraction of sp³-hybridized carbons (Fsp3) is 0.300. The van der Waals surface area contributed by atoms with Gasteiger partial charge in [0.2, 0.25) is 0 Å². The summed E-state index contributed by atoms with van der Waals surface area (Å²) in [4.78, 5) is 0. The highest BCUT2D eigenvalue weighted by molar-refractivity contribution is 5.36. The Kier molecular flexibility index (Phi) is 1.99. The van der Waals surface area contributed by atoms with E-state index in [4.69, 9.17) is 10.00 Å². The number of rotatable bonds is 1. The van der Waals surface area contributed by atoms with Crippen LogP contribution in [0.2, 0.25) is 0 Å². The number of ether oxygens (including phenoxy) is 1. The van der Waals surface area contributed by atoms with E-state index in [1.54, 1.807) is 12.1 Å². The van der Waals surface area contributed by atoms with E-state index in [0.29, 0.717) is 5.56 Å². The van der Waals surface area contributed by atoms with Crippen LogP contribution >= 0.6 is 0 Å². The van der Waals surface area contributed by atoms with Crippen molar-refractivity contribution in [3.05, 3.63) is 35.1 Å². The molecule has 0 amide bonds. The van der Waals surface area contributed by atoms with Gasteiger partial charge >= 0.3 is 0 Å². The molecule has 0 atom stereocenters. The number of nitriles is 1. The largest absolute Gasteiger partial charge is 0.380 e. The van der Waals surface area contributed by atoms with Gasteiger partial charge in [-0.2, -0.15) is 5.26 Å². The maximum Gasteiger partial charge on any atom is 0.141 e. The normalized spacial score (nSPS) is 18.4. The molecule has 14 heavy (non-hydrogen) atoms. The first-order valence-corrected chi connectivity index (χ1v) is 4.16. The van der Waals surface area contributed by atoms with E-state index in [2.05, 4.69) is 0 Å². The Balaban J connectivity index is 2.38. The second-order valence-corrected chi connectivity index (χ2v) is 3.33. The molecular formula is C10H8FNO2. The van der Waals surface area contributed by atoms with Gasteiger partial charge in [-0.15, -0.1) is 0 Å². The van der Waals surface area contributed by atoms with Crippen LogP contribution in [0.25, 0.3) is 0 Å².